The van der Waals surface area contributed by atoms with Crippen molar-refractivity contribution in [3.63, 3.8) is 0 Å². The van der Waals surface area contributed by atoms with E-state index in [1.165, 1.54) is 10.3 Å². The Morgan fingerprint density at radius 2 is 1.83 bits per heavy atom. The summed E-state index contributed by atoms with van der Waals surface area (Å²) in [6.45, 7) is 6.74. The van der Waals surface area contributed by atoms with Crippen LogP contribution >= 0.6 is 0 Å². The summed E-state index contributed by atoms with van der Waals surface area (Å²) in [5.41, 5.74) is 3.10. The first kappa shape index (κ1) is 15.3. The second-order valence-corrected chi connectivity index (χ2v) is 3.95. The van der Waals surface area contributed by atoms with Crippen molar-refractivity contribution in [3.8, 4) is 0 Å². The van der Waals surface area contributed by atoms with E-state index in [0.717, 1.165) is 0 Å². The fraction of sp³-hybridized carbons (Fsp3) is 0.556. The molecule has 0 bridgehead atoms. The molecule has 0 heterocycles. The molecule has 0 radical (unpaired) electrons. The Bertz CT molecular complexity index is 205. The van der Waals surface area contributed by atoms with Gasteiger partial charge in [0.05, 0.1) is 0 Å². The van der Waals surface area contributed by atoms with E-state index in [9.17, 15) is 0 Å². The summed E-state index contributed by atoms with van der Waals surface area (Å²) in [4.78, 5) is 0. The first-order valence-electron chi connectivity index (χ1n) is 3.74. The molecule has 0 atom stereocenters. The number of rotatable bonds is 1. The maximum absolute atomic E-state index is 2.36. The average Bonchev–Trinajstić information content (AvgIpc) is 2.14. The van der Waals surface area contributed by atoms with E-state index >= 15 is 0 Å². The predicted molar refractivity (Wildman–Crippen MR) is 40.2 cm³/mol. The van der Waals surface area contributed by atoms with E-state index in [1.807, 2.05) is 0 Å². The van der Waals surface area contributed by atoms with E-state index in [0.29, 0.717) is 5.92 Å². The molecule has 1 aliphatic rings. The van der Waals surface area contributed by atoms with Crippen LogP contribution in [0.4, 0.5) is 0 Å². The topological polar surface area (TPSA) is 0 Å². The van der Waals surface area contributed by atoms with Crippen molar-refractivity contribution < 1.29 is 45.2 Å². The predicted octanol–water partition coefficient (Wildman–Crippen LogP) is -3.20. The number of hydrogen-bond acceptors (Lipinski definition) is 0. The molecule has 3 heteroatoms. The van der Waals surface area contributed by atoms with Crippen LogP contribution in [-0.2, 0) is 20.4 Å². The fourth-order valence-electron chi connectivity index (χ4n) is 1.24. The van der Waals surface area contributed by atoms with Crippen LogP contribution in [0.25, 0.3) is 0 Å². The summed E-state index contributed by atoms with van der Waals surface area (Å²) in [7, 11) is 0. The molecule has 0 unspecified atom stereocenters. The Balaban J connectivity index is 0. The van der Waals surface area contributed by atoms with Gasteiger partial charge < -0.3 is 24.8 Å². The third-order valence-electron chi connectivity index (χ3n) is 1.97. The summed E-state index contributed by atoms with van der Waals surface area (Å²) in [6.07, 6.45) is 3.54. The summed E-state index contributed by atoms with van der Waals surface area (Å²) >= 11 is 2.23. The van der Waals surface area contributed by atoms with Gasteiger partial charge in [-0.2, -0.15) is 0 Å². The van der Waals surface area contributed by atoms with E-state index in [1.54, 1.807) is 11.1 Å². The number of halogens is 2. The molecule has 0 saturated carbocycles. The Morgan fingerprint density at radius 3 is 2.00 bits per heavy atom. The molecule has 0 aromatic carbocycles. The van der Waals surface area contributed by atoms with Gasteiger partial charge in [-0.15, -0.1) is 0 Å². The van der Waals surface area contributed by atoms with Gasteiger partial charge >= 0.3 is 74.6 Å². The maximum atomic E-state index is 2.36. The molecule has 0 spiro atoms. The molecule has 0 amide bonds. The second-order valence-electron chi connectivity index (χ2n) is 3.17. The first-order chi connectivity index (χ1) is 4.63. The van der Waals surface area contributed by atoms with Crippen molar-refractivity contribution in [2.45, 2.75) is 27.2 Å². The fourth-order valence-corrected chi connectivity index (χ4v) is 2.01. The summed E-state index contributed by atoms with van der Waals surface area (Å²) in [5, 5.41) is 0. The van der Waals surface area contributed by atoms with Crippen LogP contribution in [0.2, 0.25) is 0 Å². The minimum absolute atomic E-state index is 0. The van der Waals surface area contributed by atoms with Gasteiger partial charge in [-0.3, -0.25) is 0 Å². The summed E-state index contributed by atoms with van der Waals surface area (Å²) in [5.74, 6) is 0.706. The zero-order chi connectivity index (χ0) is 7.72. The van der Waals surface area contributed by atoms with Gasteiger partial charge in [0.25, 0.3) is 0 Å². The molecule has 0 fully saturated rings. The van der Waals surface area contributed by atoms with E-state index in [2.05, 4.69) is 47.3 Å². The van der Waals surface area contributed by atoms with E-state index in [-0.39, 0.29) is 24.8 Å². The Morgan fingerprint density at radius 1 is 1.33 bits per heavy atom. The van der Waals surface area contributed by atoms with Gasteiger partial charge in [-0.25, -0.2) is 0 Å². The summed E-state index contributed by atoms with van der Waals surface area (Å²) in [6, 6.07) is 0. The molecular weight excluding hydrogens is 227 g/mol. The quantitative estimate of drug-likeness (QED) is 0.423. The average molecular weight is 240 g/mol. The zero-order valence-corrected chi connectivity index (χ0v) is 10.7. The molecule has 0 aromatic rings. The van der Waals surface area contributed by atoms with E-state index in [4.69, 9.17) is 0 Å². The second kappa shape index (κ2) is 6.26. The normalized spacial score (nSPS) is 15.7. The molecule has 0 N–H and O–H groups in total. The standard InChI is InChI=1S/C9H13.2ClH.Ti/c1-7(2)9-5-4-8(3)6-9;;;/h5,7H,4H2,1-3H3;2*1H;/q;;;+2/p-2. The molecule has 12 heavy (non-hydrogen) atoms. The minimum atomic E-state index is 0. The van der Waals surface area contributed by atoms with Crippen LogP contribution in [-0.4, -0.2) is 0 Å². The van der Waals surface area contributed by atoms with Crippen LogP contribution in [0.3, 0.4) is 0 Å². The molecular formula is C9H13Cl2Ti. The van der Waals surface area contributed by atoms with Crippen LogP contribution in [0, 0.1) is 5.92 Å². The Labute approximate surface area is 99.1 Å². The molecule has 67 valence electrons. The third kappa shape index (κ3) is 3.26. The SMILES string of the molecule is CC1=[C]([Ti+2])C(C(C)C)=CC1.[Cl-].[Cl-]. The Hall–Kier alpha value is 0.774. The van der Waals surface area contributed by atoms with Crippen LogP contribution in [0.5, 0.6) is 0 Å². The van der Waals surface area contributed by atoms with Crippen molar-refractivity contribution in [2.24, 2.45) is 5.92 Å². The van der Waals surface area contributed by atoms with Gasteiger partial charge in [0.15, 0.2) is 0 Å². The van der Waals surface area contributed by atoms with Crippen LogP contribution < -0.4 is 24.8 Å². The van der Waals surface area contributed by atoms with Crippen LogP contribution in [0.1, 0.15) is 27.2 Å². The van der Waals surface area contributed by atoms with Crippen molar-refractivity contribution in [1.82, 2.24) is 0 Å². The summed E-state index contributed by atoms with van der Waals surface area (Å²) < 4.78 is 1.52. The van der Waals surface area contributed by atoms with Crippen molar-refractivity contribution in [1.29, 1.82) is 0 Å². The Kier molecular flexibility index (Phi) is 7.96. The maximum Gasteiger partial charge on any atom is -1.00 e. The van der Waals surface area contributed by atoms with Gasteiger partial charge in [-0.05, 0) is 0 Å². The molecule has 0 aromatic heterocycles. The van der Waals surface area contributed by atoms with Crippen molar-refractivity contribution in [2.75, 3.05) is 0 Å². The largest absolute Gasteiger partial charge is 1.00 e. The molecule has 1 rings (SSSR count). The van der Waals surface area contributed by atoms with Gasteiger partial charge in [0, 0.05) is 0 Å². The van der Waals surface area contributed by atoms with Crippen LogP contribution in [0.15, 0.2) is 21.1 Å². The van der Waals surface area contributed by atoms with Crippen molar-refractivity contribution in [3.05, 3.63) is 21.1 Å². The molecule has 0 nitrogen and oxygen atoms in total. The smallest absolute Gasteiger partial charge is 1.00 e. The van der Waals surface area contributed by atoms with Gasteiger partial charge in [0.1, 0.15) is 0 Å². The minimum Gasteiger partial charge on any atom is -1.00 e. The van der Waals surface area contributed by atoms with Gasteiger partial charge in [-0.1, -0.05) is 0 Å². The van der Waals surface area contributed by atoms with E-state index < -0.39 is 0 Å². The monoisotopic (exact) mass is 239 g/mol. The zero-order valence-electron chi connectivity index (χ0n) is 7.62. The number of hydrogen-bond donors (Lipinski definition) is 0. The number of allylic oxidation sites excluding steroid dienone is 4. The van der Waals surface area contributed by atoms with Gasteiger partial charge in [0.2, 0.25) is 0 Å². The molecule has 1 aliphatic carbocycles. The molecule has 0 aliphatic heterocycles. The molecule has 0 saturated heterocycles. The van der Waals surface area contributed by atoms with Crippen molar-refractivity contribution >= 4 is 0 Å². The third-order valence-corrected chi connectivity index (χ3v) is 3.08. The first-order valence-corrected chi connectivity index (χ1v) is 4.52.